The van der Waals surface area contributed by atoms with E-state index in [1.807, 2.05) is 41.2 Å². The summed E-state index contributed by atoms with van der Waals surface area (Å²) >= 11 is 0. The van der Waals surface area contributed by atoms with Crippen LogP contribution in [0.3, 0.4) is 0 Å². The molecule has 1 heterocycles. The van der Waals surface area contributed by atoms with Gasteiger partial charge < -0.3 is 24.8 Å². The van der Waals surface area contributed by atoms with Crippen molar-refractivity contribution in [3.05, 3.63) is 71.5 Å². The number of rotatable bonds is 9. The number of nitrogens with zero attached hydrogens (tertiary/aromatic N) is 3. The van der Waals surface area contributed by atoms with Crippen molar-refractivity contribution < 1.29 is 14.2 Å². The Balaban J connectivity index is 1.64. The number of hydrogen-bond donors (Lipinski definition) is 2. The van der Waals surface area contributed by atoms with Crippen molar-refractivity contribution in [3.8, 4) is 17.2 Å². The molecular formula is C23H29N5O3. The van der Waals surface area contributed by atoms with Crippen LogP contribution in [0.25, 0.3) is 0 Å². The molecule has 2 N–H and O–H groups in total. The standard InChI is InChI=1S/C23H29N5O3/c1-24-23(25-14-17-12-20(29-2)22(31-4)21(13-17)30-3)26-15-18-8-5-6-9-19(18)16-28-11-7-10-27-28/h5-13H,14-16H2,1-4H3,(H2,24,25,26). The van der Waals surface area contributed by atoms with Gasteiger partial charge in [0, 0.05) is 32.5 Å². The van der Waals surface area contributed by atoms with Gasteiger partial charge in [-0.15, -0.1) is 0 Å². The Kier molecular flexibility index (Phi) is 7.75. The van der Waals surface area contributed by atoms with E-state index in [0.717, 1.165) is 12.1 Å². The monoisotopic (exact) mass is 423 g/mol. The van der Waals surface area contributed by atoms with Crippen molar-refractivity contribution in [1.82, 2.24) is 20.4 Å². The molecule has 0 aliphatic rings. The van der Waals surface area contributed by atoms with Crippen LogP contribution in [0.15, 0.2) is 59.9 Å². The van der Waals surface area contributed by atoms with E-state index < -0.39 is 0 Å². The van der Waals surface area contributed by atoms with Crippen molar-refractivity contribution in [2.45, 2.75) is 19.6 Å². The van der Waals surface area contributed by atoms with Gasteiger partial charge in [0.15, 0.2) is 17.5 Å². The van der Waals surface area contributed by atoms with Crippen LogP contribution in [0.1, 0.15) is 16.7 Å². The Hall–Kier alpha value is -3.68. The molecule has 3 rings (SSSR count). The molecule has 3 aromatic rings. The van der Waals surface area contributed by atoms with Gasteiger partial charge in [-0.05, 0) is 34.9 Å². The maximum absolute atomic E-state index is 5.43. The second-order valence-corrected chi connectivity index (χ2v) is 6.79. The van der Waals surface area contributed by atoms with Gasteiger partial charge >= 0.3 is 0 Å². The van der Waals surface area contributed by atoms with Gasteiger partial charge in [0.2, 0.25) is 5.75 Å². The Morgan fingerprint density at radius 1 is 0.935 bits per heavy atom. The summed E-state index contributed by atoms with van der Waals surface area (Å²) in [6.45, 7) is 1.92. The minimum Gasteiger partial charge on any atom is -0.493 e. The van der Waals surface area contributed by atoms with Crippen LogP contribution < -0.4 is 24.8 Å². The molecule has 1 aromatic heterocycles. The normalized spacial score (nSPS) is 11.2. The van der Waals surface area contributed by atoms with Gasteiger partial charge in [-0.3, -0.25) is 9.67 Å². The van der Waals surface area contributed by atoms with E-state index in [2.05, 4.69) is 32.9 Å². The minimum absolute atomic E-state index is 0.547. The average Bonchev–Trinajstić information content (AvgIpc) is 3.32. The molecule has 8 nitrogen and oxygen atoms in total. The predicted molar refractivity (Wildman–Crippen MR) is 121 cm³/mol. The predicted octanol–water partition coefficient (Wildman–Crippen LogP) is 2.82. The number of aromatic nitrogens is 2. The third-order valence-electron chi connectivity index (χ3n) is 4.86. The second-order valence-electron chi connectivity index (χ2n) is 6.79. The molecule has 0 aliphatic heterocycles. The largest absolute Gasteiger partial charge is 0.493 e. The highest BCUT2D eigenvalue weighted by Gasteiger charge is 2.13. The lowest BCUT2D eigenvalue weighted by molar-refractivity contribution is 0.323. The van der Waals surface area contributed by atoms with Crippen molar-refractivity contribution >= 4 is 5.96 Å². The molecule has 0 spiro atoms. The lowest BCUT2D eigenvalue weighted by atomic mass is 10.1. The van der Waals surface area contributed by atoms with E-state index in [4.69, 9.17) is 14.2 Å². The van der Waals surface area contributed by atoms with Gasteiger partial charge in [0.25, 0.3) is 0 Å². The maximum atomic E-state index is 5.43. The molecule has 0 unspecified atom stereocenters. The van der Waals surface area contributed by atoms with Gasteiger partial charge in [-0.1, -0.05) is 24.3 Å². The van der Waals surface area contributed by atoms with Crippen LogP contribution in [-0.4, -0.2) is 44.1 Å². The Labute approximate surface area is 182 Å². The highest BCUT2D eigenvalue weighted by atomic mass is 16.5. The topological polar surface area (TPSA) is 81.9 Å². The lowest BCUT2D eigenvalue weighted by Gasteiger charge is -2.16. The number of benzene rings is 2. The number of hydrogen-bond acceptors (Lipinski definition) is 5. The zero-order chi connectivity index (χ0) is 22.1. The molecule has 2 aromatic carbocycles. The fourth-order valence-electron chi connectivity index (χ4n) is 3.28. The summed E-state index contributed by atoms with van der Waals surface area (Å²) in [7, 11) is 6.56. The van der Waals surface area contributed by atoms with E-state index in [-0.39, 0.29) is 0 Å². The van der Waals surface area contributed by atoms with E-state index in [1.54, 1.807) is 34.6 Å². The summed E-state index contributed by atoms with van der Waals surface area (Å²) < 4.78 is 18.2. The van der Waals surface area contributed by atoms with Crippen molar-refractivity contribution in [3.63, 3.8) is 0 Å². The molecule has 0 atom stereocenters. The van der Waals surface area contributed by atoms with Crippen LogP contribution >= 0.6 is 0 Å². The zero-order valence-electron chi connectivity index (χ0n) is 18.4. The van der Waals surface area contributed by atoms with Crippen LogP contribution in [0.2, 0.25) is 0 Å². The molecule has 0 bridgehead atoms. The van der Waals surface area contributed by atoms with Gasteiger partial charge in [0.05, 0.1) is 27.9 Å². The smallest absolute Gasteiger partial charge is 0.203 e. The summed E-state index contributed by atoms with van der Waals surface area (Å²) in [4.78, 5) is 4.33. The molecular weight excluding hydrogens is 394 g/mol. The van der Waals surface area contributed by atoms with Crippen LogP contribution in [-0.2, 0) is 19.6 Å². The first kappa shape index (κ1) is 22.0. The number of aliphatic imine (C=N–C) groups is 1. The Morgan fingerprint density at radius 3 is 2.19 bits per heavy atom. The second kappa shape index (κ2) is 10.9. The van der Waals surface area contributed by atoms with Crippen LogP contribution in [0, 0.1) is 0 Å². The highest BCUT2D eigenvalue weighted by Crippen LogP contribution is 2.38. The van der Waals surface area contributed by atoms with Gasteiger partial charge in [-0.2, -0.15) is 5.10 Å². The zero-order valence-corrected chi connectivity index (χ0v) is 18.4. The summed E-state index contributed by atoms with van der Waals surface area (Å²) in [5.74, 6) is 2.51. The van der Waals surface area contributed by atoms with Gasteiger partial charge in [-0.25, -0.2) is 0 Å². The Bertz CT molecular complexity index is 977. The van der Waals surface area contributed by atoms with E-state index >= 15 is 0 Å². The SMILES string of the molecule is CN=C(NCc1cc(OC)c(OC)c(OC)c1)NCc1ccccc1Cn1cccn1. The van der Waals surface area contributed by atoms with Gasteiger partial charge in [0.1, 0.15) is 0 Å². The average molecular weight is 424 g/mol. The molecule has 31 heavy (non-hydrogen) atoms. The molecule has 0 amide bonds. The van der Waals surface area contributed by atoms with E-state index in [1.165, 1.54) is 11.1 Å². The third kappa shape index (κ3) is 5.69. The molecule has 0 fully saturated rings. The first-order chi connectivity index (χ1) is 15.2. The molecule has 0 saturated carbocycles. The summed E-state index contributed by atoms with van der Waals surface area (Å²) in [5.41, 5.74) is 3.38. The van der Waals surface area contributed by atoms with Crippen molar-refractivity contribution in [2.24, 2.45) is 4.99 Å². The van der Waals surface area contributed by atoms with Crippen molar-refractivity contribution in [2.75, 3.05) is 28.4 Å². The van der Waals surface area contributed by atoms with E-state index in [0.29, 0.717) is 36.3 Å². The lowest BCUT2D eigenvalue weighted by Crippen LogP contribution is -2.36. The summed E-state index contributed by atoms with van der Waals surface area (Å²) in [6, 6.07) is 14.1. The number of nitrogens with one attached hydrogen (secondary N) is 2. The molecule has 0 aliphatic carbocycles. The highest BCUT2D eigenvalue weighted by molar-refractivity contribution is 5.79. The third-order valence-corrected chi connectivity index (χ3v) is 4.86. The van der Waals surface area contributed by atoms with E-state index in [9.17, 15) is 0 Å². The molecule has 0 saturated heterocycles. The summed E-state index contributed by atoms with van der Waals surface area (Å²) in [5, 5.41) is 11.0. The van der Waals surface area contributed by atoms with Crippen molar-refractivity contribution in [1.29, 1.82) is 0 Å². The van der Waals surface area contributed by atoms with Crippen LogP contribution in [0.5, 0.6) is 17.2 Å². The quantitative estimate of drug-likeness (QED) is 0.407. The number of guanidine groups is 1. The maximum Gasteiger partial charge on any atom is 0.203 e. The first-order valence-electron chi connectivity index (χ1n) is 9.96. The number of methoxy groups -OCH3 is 3. The fraction of sp³-hybridized carbons (Fsp3) is 0.304. The summed E-state index contributed by atoms with van der Waals surface area (Å²) in [6.07, 6.45) is 3.75. The molecule has 8 heteroatoms. The van der Waals surface area contributed by atoms with Crippen LogP contribution in [0.4, 0.5) is 0 Å². The Morgan fingerprint density at radius 2 is 1.61 bits per heavy atom. The first-order valence-corrected chi connectivity index (χ1v) is 9.96. The molecule has 164 valence electrons. The molecule has 0 radical (unpaired) electrons. The minimum atomic E-state index is 0.547. The number of ether oxygens (including phenoxy) is 3. The fourth-order valence-corrected chi connectivity index (χ4v) is 3.28.